The number of aromatic nitrogens is 2. The number of hydrogen-bond acceptors (Lipinski definition) is 2. The van der Waals surface area contributed by atoms with Gasteiger partial charge in [0.05, 0.1) is 10.7 Å². The van der Waals surface area contributed by atoms with Crippen LogP contribution in [0, 0.1) is 5.82 Å². The fraction of sp³-hybridized carbons (Fsp3) is 0.176. The molecule has 0 unspecified atom stereocenters. The van der Waals surface area contributed by atoms with Crippen molar-refractivity contribution in [1.29, 1.82) is 0 Å². The van der Waals surface area contributed by atoms with E-state index in [4.69, 9.17) is 11.6 Å². The van der Waals surface area contributed by atoms with Crippen LogP contribution >= 0.6 is 11.6 Å². The molecular formula is C17H15ClFN3O. The van der Waals surface area contributed by atoms with E-state index in [1.807, 2.05) is 6.92 Å². The highest BCUT2D eigenvalue weighted by molar-refractivity contribution is 6.30. The van der Waals surface area contributed by atoms with E-state index in [0.29, 0.717) is 34.0 Å². The number of pyridine rings is 1. The third kappa shape index (κ3) is 3.05. The minimum absolute atomic E-state index is 0.114. The lowest BCUT2D eigenvalue weighted by Gasteiger charge is -2.07. The first-order valence-corrected chi connectivity index (χ1v) is 7.66. The number of imidazole rings is 1. The van der Waals surface area contributed by atoms with Gasteiger partial charge >= 0.3 is 0 Å². The van der Waals surface area contributed by atoms with Crippen molar-refractivity contribution in [2.75, 3.05) is 0 Å². The quantitative estimate of drug-likeness (QED) is 0.793. The molecule has 2 heterocycles. The molecule has 0 atom stereocenters. The molecular weight excluding hydrogens is 317 g/mol. The van der Waals surface area contributed by atoms with Crippen molar-refractivity contribution in [2.24, 2.45) is 0 Å². The van der Waals surface area contributed by atoms with Crippen molar-refractivity contribution in [1.82, 2.24) is 14.7 Å². The zero-order chi connectivity index (χ0) is 16.4. The van der Waals surface area contributed by atoms with Crippen LogP contribution in [-0.4, -0.2) is 15.3 Å². The molecule has 2 aromatic heterocycles. The number of halogens is 2. The van der Waals surface area contributed by atoms with Gasteiger partial charge < -0.3 is 5.32 Å². The predicted molar refractivity (Wildman–Crippen MR) is 87.2 cm³/mol. The average Bonchev–Trinajstić information content (AvgIpc) is 2.91. The van der Waals surface area contributed by atoms with Gasteiger partial charge in [-0.3, -0.25) is 9.20 Å². The lowest BCUT2D eigenvalue weighted by molar-refractivity contribution is 0.0943. The lowest BCUT2D eigenvalue weighted by atomic mass is 10.2. The van der Waals surface area contributed by atoms with Gasteiger partial charge in [-0.2, -0.15) is 0 Å². The van der Waals surface area contributed by atoms with Crippen molar-refractivity contribution in [2.45, 2.75) is 19.9 Å². The molecule has 0 radical (unpaired) electrons. The first-order valence-electron chi connectivity index (χ1n) is 7.28. The molecule has 1 amide bonds. The Morgan fingerprint density at radius 2 is 2.09 bits per heavy atom. The fourth-order valence-electron chi connectivity index (χ4n) is 2.46. The number of fused-ring (bicyclic) bond motifs is 1. The fourth-order valence-corrected chi connectivity index (χ4v) is 2.62. The van der Waals surface area contributed by atoms with E-state index in [9.17, 15) is 9.18 Å². The Hall–Kier alpha value is -2.40. The number of benzene rings is 1. The number of rotatable bonds is 4. The second-order valence-electron chi connectivity index (χ2n) is 5.11. The maximum absolute atomic E-state index is 13.6. The molecule has 1 N–H and O–H groups in total. The van der Waals surface area contributed by atoms with Crippen molar-refractivity contribution in [3.8, 4) is 0 Å². The molecule has 0 fully saturated rings. The van der Waals surface area contributed by atoms with Gasteiger partial charge in [-0.15, -0.1) is 0 Å². The monoisotopic (exact) mass is 331 g/mol. The van der Waals surface area contributed by atoms with E-state index in [1.165, 1.54) is 6.07 Å². The minimum atomic E-state index is -0.343. The molecule has 0 aliphatic heterocycles. The Balaban J connectivity index is 1.91. The largest absolute Gasteiger partial charge is 0.347 e. The number of amides is 1. The molecule has 0 spiro atoms. The van der Waals surface area contributed by atoms with Gasteiger partial charge in [-0.1, -0.05) is 36.7 Å². The lowest BCUT2D eigenvalue weighted by Crippen LogP contribution is -2.25. The SMILES string of the molecule is CCc1nc2ccc(Cl)cn2c1C(=O)NCc1ccccc1F. The van der Waals surface area contributed by atoms with E-state index < -0.39 is 0 Å². The van der Waals surface area contributed by atoms with Crippen LogP contribution in [0.5, 0.6) is 0 Å². The summed E-state index contributed by atoms with van der Waals surface area (Å²) in [7, 11) is 0. The van der Waals surface area contributed by atoms with Crippen LogP contribution in [0.2, 0.25) is 5.02 Å². The maximum Gasteiger partial charge on any atom is 0.270 e. The Bertz CT molecular complexity index is 875. The Morgan fingerprint density at radius 1 is 1.30 bits per heavy atom. The zero-order valence-corrected chi connectivity index (χ0v) is 13.3. The van der Waals surface area contributed by atoms with Crippen LogP contribution < -0.4 is 5.32 Å². The predicted octanol–water partition coefficient (Wildman–Crippen LogP) is 3.62. The standard InChI is InChI=1S/C17H15ClFN3O/c1-2-14-16(22-10-12(18)7-8-15(22)21-14)17(23)20-9-11-5-3-4-6-13(11)19/h3-8,10H,2,9H2,1H3,(H,20,23). The molecule has 3 aromatic rings. The first-order chi connectivity index (χ1) is 11.1. The molecule has 0 saturated heterocycles. The Kier molecular flexibility index (Phi) is 4.30. The summed E-state index contributed by atoms with van der Waals surface area (Å²) in [6.07, 6.45) is 2.27. The number of carbonyl (C=O) groups is 1. The number of aryl methyl sites for hydroxylation is 1. The van der Waals surface area contributed by atoms with Crippen LogP contribution in [0.25, 0.3) is 5.65 Å². The van der Waals surface area contributed by atoms with Crippen molar-refractivity contribution in [3.05, 3.63) is 70.4 Å². The van der Waals surface area contributed by atoms with Gasteiger partial charge in [0, 0.05) is 18.3 Å². The molecule has 3 rings (SSSR count). The second kappa shape index (κ2) is 6.38. The molecule has 0 aliphatic carbocycles. The van der Waals surface area contributed by atoms with E-state index in [2.05, 4.69) is 10.3 Å². The summed E-state index contributed by atoms with van der Waals surface area (Å²) in [6.45, 7) is 2.04. The average molecular weight is 332 g/mol. The van der Waals surface area contributed by atoms with Crippen molar-refractivity contribution >= 4 is 23.2 Å². The van der Waals surface area contributed by atoms with E-state index in [-0.39, 0.29) is 18.3 Å². The van der Waals surface area contributed by atoms with Gasteiger partial charge in [0.1, 0.15) is 17.2 Å². The molecule has 118 valence electrons. The minimum Gasteiger partial charge on any atom is -0.347 e. The molecule has 0 bridgehead atoms. The van der Waals surface area contributed by atoms with Gasteiger partial charge in [0.25, 0.3) is 5.91 Å². The van der Waals surface area contributed by atoms with Crippen LogP contribution in [0.4, 0.5) is 4.39 Å². The Labute approximate surface area is 137 Å². The molecule has 0 saturated carbocycles. The normalized spacial score (nSPS) is 10.9. The van der Waals surface area contributed by atoms with Crippen LogP contribution in [0.1, 0.15) is 28.7 Å². The Morgan fingerprint density at radius 3 is 2.83 bits per heavy atom. The zero-order valence-electron chi connectivity index (χ0n) is 12.5. The third-order valence-corrected chi connectivity index (χ3v) is 3.83. The van der Waals surface area contributed by atoms with Gasteiger partial charge in [-0.05, 0) is 24.6 Å². The molecule has 4 nitrogen and oxygen atoms in total. The van der Waals surface area contributed by atoms with Gasteiger partial charge in [0.15, 0.2) is 0 Å². The summed E-state index contributed by atoms with van der Waals surface area (Å²) in [4.78, 5) is 17.0. The molecule has 23 heavy (non-hydrogen) atoms. The third-order valence-electron chi connectivity index (χ3n) is 3.60. The van der Waals surface area contributed by atoms with Gasteiger partial charge in [0.2, 0.25) is 0 Å². The van der Waals surface area contributed by atoms with E-state index in [0.717, 1.165) is 0 Å². The highest BCUT2D eigenvalue weighted by Crippen LogP contribution is 2.17. The van der Waals surface area contributed by atoms with E-state index in [1.54, 1.807) is 40.9 Å². The van der Waals surface area contributed by atoms with Gasteiger partial charge in [-0.25, -0.2) is 9.37 Å². The number of hydrogen-bond donors (Lipinski definition) is 1. The highest BCUT2D eigenvalue weighted by Gasteiger charge is 2.18. The number of nitrogens with zero attached hydrogens (tertiary/aromatic N) is 2. The van der Waals surface area contributed by atoms with Crippen LogP contribution in [0.3, 0.4) is 0 Å². The summed E-state index contributed by atoms with van der Waals surface area (Å²) in [6, 6.07) is 9.84. The topological polar surface area (TPSA) is 46.4 Å². The highest BCUT2D eigenvalue weighted by atomic mass is 35.5. The first kappa shape index (κ1) is 15.5. The summed E-state index contributed by atoms with van der Waals surface area (Å²) >= 11 is 6.01. The summed E-state index contributed by atoms with van der Waals surface area (Å²) in [5.74, 6) is -0.649. The summed E-state index contributed by atoms with van der Waals surface area (Å²) in [5, 5.41) is 3.26. The summed E-state index contributed by atoms with van der Waals surface area (Å²) < 4.78 is 15.3. The van der Waals surface area contributed by atoms with E-state index >= 15 is 0 Å². The molecule has 1 aromatic carbocycles. The molecule has 0 aliphatic rings. The van der Waals surface area contributed by atoms with Crippen LogP contribution in [-0.2, 0) is 13.0 Å². The maximum atomic E-state index is 13.6. The molecule has 6 heteroatoms. The summed E-state index contributed by atoms with van der Waals surface area (Å²) in [5.41, 5.74) is 2.20. The number of nitrogens with one attached hydrogen (secondary N) is 1. The van der Waals surface area contributed by atoms with Crippen molar-refractivity contribution < 1.29 is 9.18 Å². The van der Waals surface area contributed by atoms with Crippen LogP contribution in [0.15, 0.2) is 42.6 Å². The number of carbonyl (C=O) groups excluding carboxylic acids is 1. The smallest absolute Gasteiger partial charge is 0.270 e. The van der Waals surface area contributed by atoms with Crippen molar-refractivity contribution in [3.63, 3.8) is 0 Å². The second-order valence-corrected chi connectivity index (χ2v) is 5.55.